The Bertz CT molecular complexity index is 1090. The van der Waals surface area contributed by atoms with Crippen LogP contribution in [0.15, 0.2) is 60.7 Å². The third kappa shape index (κ3) is 6.56. The first-order valence-corrected chi connectivity index (χ1v) is 12.3. The number of phenolic OH excluding ortho intramolecular Hbond substituents is 1. The molecule has 0 bridgehead atoms. The molecule has 6 heteroatoms. The number of hydrogen-bond acceptors (Lipinski definition) is 3. The fourth-order valence-corrected chi connectivity index (χ4v) is 4.40. The van der Waals surface area contributed by atoms with Crippen molar-refractivity contribution in [1.29, 1.82) is 0 Å². The predicted octanol–water partition coefficient (Wildman–Crippen LogP) is 4.58. The van der Waals surface area contributed by atoms with Gasteiger partial charge in [0.1, 0.15) is 5.75 Å². The summed E-state index contributed by atoms with van der Waals surface area (Å²) in [6.45, 7) is 4.56. The molecule has 3 N–H and O–H groups in total. The van der Waals surface area contributed by atoms with Gasteiger partial charge in [-0.05, 0) is 78.6 Å². The Balaban J connectivity index is 1.70. The fraction of sp³-hybridized carbons (Fsp3) is 0.269. The Morgan fingerprint density at radius 2 is 1.59 bits per heavy atom. The number of aryl methyl sites for hydroxylation is 3. The van der Waals surface area contributed by atoms with Gasteiger partial charge in [0.2, 0.25) is 0 Å². The summed E-state index contributed by atoms with van der Waals surface area (Å²) >= 11 is 0. The van der Waals surface area contributed by atoms with Crippen LogP contribution in [0.25, 0.3) is 0 Å². The third-order valence-electron chi connectivity index (χ3n) is 5.61. The zero-order valence-corrected chi connectivity index (χ0v) is 19.5. The number of carbonyl (C=O) groups is 1. The van der Waals surface area contributed by atoms with Crippen LogP contribution in [0.3, 0.4) is 0 Å². The average molecular weight is 452 g/mol. The molecule has 3 rings (SSSR count). The summed E-state index contributed by atoms with van der Waals surface area (Å²) in [5.74, 6) is -0.322. The smallest absolute Gasteiger partial charge is 0.255 e. The van der Waals surface area contributed by atoms with E-state index in [0.717, 1.165) is 39.8 Å². The highest BCUT2D eigenvalue weighted by atomic mass is 31.1. The monoisotopic (exact) mass is 451 g/mol. The fourth-order valence-electron chi connectivity index (χ4n) is 3.90. The first kappa shape index (κ1) is 23.8. The first-order chi connectivity index (χ1) is 15.3. The molecule has 0 saturated heterocycles. The molecule has 0 aliphatic heterocycles. The van der Waals surface area contributed by atoms with Crippen LogP contribution in [0.5, 0.6) is 5.75 Å². The molecular formula is C26H30NO4P. The summed E-state index contributed by atoms with van der Waals surface area (Å²) in [6, 6.07) is 19.2. The third-order valence-corrected chi connectivity index (χ3v) is 6.29. The molecule has 0 fully saturated rings. The maximum Gasteiger partial charge on any atom is 0.255 e. The Labute approximate surface area is 190 Å². The van der Waals surface area contributed by atoms with Gasteiger partial charge in [0, 0.05) is 12.7 Å². The summed E-state index contributed by atoms with van der Waals surface area (Å²) in [5.41, 5.74) is 6.79. The molecule has 0 aliphatic rings. The molecule has 0 heterocycles. The number of carbonyl (C=O) groups excluding carboxylic acids is 1. The van der Waals surface area contributed by atoms with Crippen molar-refractivity contribution in [2.75, 3.05) is 12.7 Å². The number of phenols is 1. The summed E-state index contributed by atoms with van der Waals surface area (Å²) < 4.78 is 11.0. The van der Waals surface area contributed by atoms with Crippen LogP contribution < -0.4 is 5.32 Å². The van der Waals surface area contributed by atoms with Gasteiger partial charge in [-0.1, -0.05) is 48.5 Å². The van der Waals surface area contributed by atoms with Crippen molar-refractivity contribution in [1.82, 2.24) is 5.32 Å². The van der Waals surface area contributed by atoms with Crippen LogP contribution in [0, 0.1) is 13.8 Å². The standard InChI is InChI=1S/C26H30NO4P/c1-18-14-22(11-13-32(30)31)15-19(2)23(18)16-21-8-9-25(28)24(17-21)26(29)27-12-10-20-6-4-3-5-7-20/h3-9,14-15,17,28,32H,10-13,16H2,1-2H3,(H,27,29)(H,30,31). The zero-order valence-electron chi connectivity index (χ0n) is 18.5. The molecule has 0 radical (unpaired) electrons. The molecule has 1 amide bonds. The van der Waals surface area contributed by atoms with Gasteiger partial charge < -0.3 is 15.3 Å². The molecule has 5 nitrogen and oxygen atoms in total. The largest absolute Gasteiger partial charge is 0.507 e. The number of rotatable bonds is 9. The maximum absolute atomic E-state index is 12.7. The topological polar surface area (TPSA) is 86.6 Å². The second-order valence-electron chi connectivity index (χ2n) is 8.12. The quantitative estimate of drug-likeness (QED) is 0.416. The second-order valence-corrected chi connectivity index (χ2v) is 9.41. The van der Waals surface area contributed by atoms with E-state index >= 15 is 0 Å². The zero-order chi connectivity index (χ0) is 23.1. The van der Waals surface area contributed by atoms with Gasteiger partial charge in [-0.2, -0.15) is 0 Å². The van der Waals surface area contributed by atoms with Crippen LogP contribution in [0.2, 0.25) is 0 Å². The Morgan fingerprint density at radius 3 is 2.25 bits per heavy atom. The summed E-state index contributed by atoms with van der Waals surface area (Å²) in [7, 11) is -2.47. The van der Waals surface area contributed by atoms with Crippen molar-refractivity contribution in [3.8, 4) is 5.75 Å². The molecule has 32 heavy (non-hydrogen) atoms. The van der Waals surface area contributed by atoms with Crippen LogP contribution in [-0.4, -0.2) is 28.6 Å². The van der Waals surface area contributed by atoms with Crippen LogP contribution in [-0.2, 0) is 23.8 Å². The van der Waals surface area contributed by atoms with E-state index in [9.17, 15) is 14.5 Å². The molecule has 0 spiro atoms. The van der Waals surface area contributed by atoms with Crippen LogP contribution >= 0.6 is 8.03 Å². The molecule has 168 valence electrons. The van der Waals surface area contributed by atoms with Gasteiger partial charge in [-0.25, -0.2) is 0 Å². The number of amides is 1. The van der Waals surface area contributed by atoms with Gasteiger partial charge in [0.15, 0.2) is 8.03 Å². The highest BCUT2D eigenvalue weighted by Gasteiger charge is 2.14. The van der Waals surface area contributed by atoms with E-state index in [-0.39, 0.29) is 17.2 Å². The van der Waals surface area contributed by atoms with Crippen LogP contribution in [0.1, 0.15) is 43.7 Å². The van der Waals surface area contributed by atoms with E-state index in [1.165, 1.54) is 0 Å². The molecule has 3 aromatic carbocycles. The van der Waals surface area contributed by atoms with Crippen LogP contribution in [0.4, 0.5) is 0 Å². The molecule has 0 aromatic heterocycles. The van der Waals surface area contributed by atoms with E-state index < -0.39 is 8.03 Å². The van der Waals surface area contributed by atoms with E-state index in [1.54, 1.807) is 12.1 Å². The average Bonchev–Trinajstić information content (AvgIpc) is 2.76. The van der Waals surface area contributed by atoms with Crippen molar-refractivity contribution in [2.24, 2.45) is 0 Å². The number of benzene rings is 3. The van der Waals surface area contributed by atoms with Gasteiger partial charge in [-0.3, -0.25) is 9.36 Å². The highest BCUT2D eigenvalue weighted by Crippen LogP contribution is 2.25. The SMILES string of the molecule is Cc1cc(CC[PH](=O)O)cc(C)c1Cc1ccc(O)c(C(=O)NCCc2ccccc2)c1. The van der Waals surface area contributed by atoms with E-state index in [2.05, 4.69) is 17.4 Å². The van der Waals surface area contributed by atoms with E-state index in [1.807, 2.05) is 50.2 Å². The van der Waals surface area contributed by atoms with Gasteiger partial charge in [0.05, 0.1) is 5.56 Å². The van der Waals surface area contributed by atoms with Gasteiger partial charge in [0.25, 0.3) is 5.91 Å². The second kappa shape index (κ2) is 11.1. The lowest BCUT2D eigenvalue weighted by Crippen LogP contribution is -2.25. The van der Waals surface area contributed by atoms with Crippen molar-refractivity contribution in [3.63, 3.8) is 0 Å². The minimum Gasteiger partial charge on any atom is -0.507 e. The lowest BCUT2D eigenvalue weighted by molar-refractivity contribution is 0.0951. The lowest BCUT2D eigenvalue weighted by Gasteiger charge is -2.14. The minimum atomic E-state index is -2.47. The number of aromatic hydroxyl groups is 1. The minimum absolute atomic E-state index is 0.0334. The first-order valence-electron chi connectivity index (χ1n) is 10.8. The van der Waals surface area contributed by atoms with E-state index in [4.69, 9.17) is 4.89 Å². The van der Waals surface area contributed by atoms with Gasteiger partial charge >= 0.3 is 0 Å². The van der Waals surface area contributed by atoms with Gasteiger partial charge in [-0.15, -0.1) is 0 Å². The summed E-state index contributed by atoms with van der Waals surface area (Å²) in [5, 5.41) is 13.1. The van der Waals surface area contributed by atoms with Crippen molar-refractivity contribution in [3.05, 3.63) is 99.6 Å². The number of nitrogens with one attached hydrogen (secondary N) is 1. The summed E-state index contributed by atoms with van der Waals surface area (Å²) in [4.78, 5) is 21.8. The predicted molar refractivity (Wildman–Crippen MR) is 129 cm³/mol. The lowest BCUT2D eigenvalue weighted by atomic mass is 9.92. The molecular weight excluding hydrogens is 421 g/mol. The maximum atomic E-state index is 12.7. The Hall–Kier alpha value is -2.88. The van der Waals surface area contributed by atoms with Crippen molar-refractivity contribution >= 4 is 13.9 Å². The number of hydrogen-bond donors (Lipinski definition) is 3. The Kier molecular flexibility index (Phi) is 8.26. The van der Waals surface area contributed by atoms with E-state index in [0.29, 0.717) is 25.5 Å². The molecule has 0 aliphatic carbocycles. The molecule has 1 unspecified atom stereocenters. The normalized spacial score (nSPS) is 11.8. The molecule has 0 saturated carbocycles. The van der Waals surface area contributed by atoms with Crippen molar-refractivity contribution < 1.29 is 19.4 Å². The Morgan fingerprint density at radius 1 is 0.906 bits per heavy atom. The highest BCUT2D eigenvalue weighted by molar-refractivity contribution is 7.37. The molecule has 3 aromatic rings. The summed E-state index contributed by atoms with van der Waals surface area (Å²) in [6.07, 6.45) is 2.24. The molecule has 1 atom stereocenters. The van der Waals surface area contributed by atoms with Crippen molar-refractivity contribution in [2.45, 2.75) is 33.1 Å².